The van der Waals surface area contributed by atoms with Gasteiger partial charge >= 0.3 is 0 Å². The van der Waals surface area contributed by atoms with Crippen LogP contribution in [0.4, 0.5) is 0 Å². The number of hydrogen-bond donors (Lipinski definition) is 1. The molecule has 4 saturated carbocycles. The van der Waals surface area contributed by atoms with Crippen LogP contribution in [0, 0.1) is 17.8 Å². The molecule has 27 heavy (non-hydrogen) atoms. The van der Waals surface area contributed by atoms with Gasteiger partial charge < -0.3 is 15.0 Å². The van der Waals surface area contributed by atoms with Crippen molar-refractivity contribution in [2.45, 2.75) is 56.0 Å². The van der Waals surface area contributed by atoms with Crippen molar-refractivity contribution >= 4 is 5.91 Å². The van der Waals surface area contributed by atoms with Crippen LogP contribution in [0.2, 0.25) is 0 Å². The van der Waals surface area contributed by atoms with Gasteiger partial charge in [0.1, 0.15) is 12.7 Å². The molecule has 1 aliphatic heterocycles. The zero-order chi connectivity index (χ0) is 18.5. The first-order valence-electron chi connectivity index (χ1n) is 10.5. The third-order valence-electron chi connectivity index (χ3n) is 7.58. The van der Waals surface area contributed by atoms with E-state index in [0.29, 0.717) is 11.8 Å². The predicted octanol–water partition coefficient (Wildman–Crippen LogP) is 1.41. The maximum absolute atomic E-state index is 13.1. The Labute approximate surface area is 160 Å². The lowest BCUT2D eigenvalue weighted by Crippen LogP contribution is -2.66. The van der Waals surface area contributed by atoms with E-state index in [-0.39, 0.29) is 22.9 Å². The molecule has 7 heteroatoms. The van der Waals surface area contributed by atoms with Gasteiger partial charge in [0.25, 0.3) is 0 Å². The van der Waals surface area contributed by atoms with E-state index >= 15 is 0 Å². The van der Waals surface area contributed by atoms with Gasteiger partial charge in [-0.3, -0.25) is 4.79 Å². The standard InChI is InChI=1S/C20H31N5O2/c1-27-5-4-24-3-2-17(11-24)18(26)23-19-7-15-6-16(8-19)10-20(9-15,12-19)25-14-21-13-22-25/h13-17H,2-12H2,1H3,(H,23,26)/t15-,16-,17-,19?,20?/m0/s1. The molecule has 0 spiro atoms. The van der Waals surface area contributed by atoms with E-state index in [9.17, 15) is 4.79 Å². The van der Waals surface area contributed by atoms with Gasteiger partial charge in [-0.1, -0.05) is 0 Å². The van der Waals surface area contributed by atoms with Crippen molar-refractivity contribution in [1.82, 2.24) is 25.0 Å². The van der Waals surface area contributed by atoms with E-state index in [1.165, 1.54) is 19.3 Å². The number of rotatable bonds is 6. The average molecular weight is 374 g/mol. The fourth-order valence-electron chi connectivity index (χ4n) is 6.92. The van der Waals surface area contributed by atoms with Gasteiger partial charge in [-0.2, -0.15) is 5.10 Å². The third-order valence-corrected chi connectivity index (χ3v) is 7.58. The minimum absolute atomic E-state index is 0.0347. The van der Waals surface area contributed by atoms with Crippen LogP contribution in [-0.4, -0.2) is 64.5 Å². The molecule has 1 saturated heterocycles. The van der Waals surface area contributed by atoms with Crippen LogP contribution in [0.3, 0.4) is 0 Å². The fraction of sp³-hybridized carbons (Fsp3) is 0.850. The maximum Gasteiger partial charge on any atom is 0.224 e. The van der Waals surface area contributed by atoms with Gasteiger partial charge in [-0.15, -0.1) is 0 Å². The van der Waals surface area contributed by atoms with Gasteiger partial charge in [0.05, 0.1) is 18.1 Å². The van der Waals surface area contributed by atoms with Crippen molar-refractivity contribution in [2.24, 2.45) is 17.8 Å². The monoisotopic (exact) mass is 373 g/mol. The minimum Gasteiger partial charge on any atom is -0.383 e. The number of aromatic nitrogens is 3. The van der Waals surface area contributed by atoms with Crippen LogP contribution < -0.4 is 5.32 Å². The summed E-state index contributed by atoms with van der Waals surface area (Å²) in [4.78, 5) is 19.7. The molecule has 4 aliphatic carbocycles. The number of carbonyl (C=O) groups is 1. The summed E-state index contributed by atoms with van der Waals surface area (Å²) in [7, 11) is 1.73. The van der Waals surface area contributed by atoms with E-state index in [2.05, 4.69) is 25.0 Å². The predicted molar refractivity (Wildman–Crippen MR) is 100.0 cm³/mol. The summed E-state index contributed by atoms with van der Waals surface area (Å²) in [5, 5.41) is 8.08. The third kappa shape index (κ3) is 3.09. The largest absolute Gasteiger partial charge is 0.383 e. The molecular formula is C20H31N5O2. The highest BCUT2D eigenvalue weighted by Crippen LogP contribution is 2.60. The molecule has 7 nitrogen and oxygen atoms in total. The zero-order valence-corrected chi connectivity index (χ0v) is 16.3. The second kappa shape index (κ2) is 6.55. The Kier molecular flexibility index (Phi) is 4.27. The first kappa shape index (κ1) is 17.6. The van der Waals surface area contributed by atoms with Crippen molar-refractivity contribution in [3.8, 4) is 0 Å². The minimum atomic E-state index is -0.0347. The lowest BCUT2D eigenvalue weighted by Gasteiger charge is -2.62. The molecule has 2 heterocycles. The lowest BCUT2D eigenvalue weighted by atomic mass is 9.50. The number of hydrogen-bond acceptors (Lipinski definition) is 5. The summed E-state index contributed by atoms with van der Waals surface area (Å²) in [6, 6.07) is 0. The van der Waals surface area contributed by atoms with Gasteiger partial charge in [0.2, 0.25) is 5.91 Å². The smallest absolute Gasteiger partial charge is 0.224 e. The molecule has 5 aliphatic rings. The number of ether oxygens (including phenoxy) is 1. The molecule has 1 aromatic rings. The fourth-order valence-corrected chi connectivity index (χ4v) is 6.92. The maximum atomic E-state index is 13.1. The second-order valence-electron chi connectivity index (χ2n) is 9.57. The molecule has 0 radical (unpaired) electrons. The molecule has 0 unspecified atom stereocenters. The SMILES string of the molecule is COCCN1CC[C@H](C(=O)NC23C[C@@H]4C[C@@H](C2)CC(n2cncn2)(C4)C3)C1. The lowest BCUT2D eigenvalue weighted by molar-refractivity contribution is -0.134. The number of methoxy groups -OCH3 is 1. The summed E-state index contributed by atoms with van der Waals surface area (Å²) in [5.74, 6) is 1.80. The molecule has 4 bridgehead atoms. The van der Waals surface area contributed by atoms with Crippen molar-refractivity contribution in [3.05, 3.63) is 12.7 Å². The topological polar surface area (TPSA) is 72.3 Å². The van der Waals surface area contributed by atoms with Crippen LogP contribution in [0.25, 0.3) is 0 Å². The number of carbonyl (C=O) groups excluding carboxylic acids is 1. The second-order valence-corrected chi connectivity index (χ2v) is 9.57. The molecule has 5 fully saturated rings. The summed E-state index contributed by atoms with van der Waals surface area (Å²) < 4.78 is 7.29. The number of amides is 1. The van der Waals surface area contributed by atoms with E-state index in [4.69, 9.17) is 4.74 Å². The molecular weight excluding hydrogens is 342 g/mol. The van der Waals surface area contributed by atoms with E-state index in [1.807, 2.05) is 6.33 Å². The summed E-state index contributed by atoms with van der Waals surface area (Å²) in [5.41, 5.74) is 0.0289. The van der Waals surface area contributed by atoms with Crippen molar-refractivity contribution in [2.75, 3.05) is 33.4 Å². The summed E-state index contributed by atoms with van der Waals surface area (Å²) in [6.45, 7) is 3.53. The Morgan fingerprint density at radius 1 is 1.30 bits per heavy atom. The van der Waals surface area contributed by atoms with Gasteiger partial charge in [-0.05, 0) is 63.3 Å². The van der Waals surface area contributed by atoms with Crippen LogP contribution >= 0.6 is 0 Å². The highest BCUT2D eigenvalue weighted by molar-refractivity contribution is 5.80. The van der Waals surface area contributed by atoms with Gasteiger partial charge in [0.15, 0.2) is 0 Å². The molecule has 148 valence electrons. The van der Waals surface area contributed by atoms with Gasteiger partial charge in [-0.25, -0.2) is 9.67 Å². The molecule has 1 aromatic heterocycles. The van der Waals surface area contributed by atoms with Crippen molar-refractivity contribution < 1.29 is 9.53 Å². The van der Waals surface area contributed by atoms with E-state index in [0.717, 1.165) is 51.9 Å². The van der Waals surface area contributed by atoms with Crippen LogP contribution in [-0.2, 0) is 15.1 Å². The zero-order valence-electron chi connectivity index (χ0n) is 16.3. The Balaban J connectivity index is 1.30. The normalized spacial score (nSPS) is 40.6. The Morgan fingerprint density at radius 3 is 2.81 bits per heavy atom. The Hall–Kier alpha value is -1.47. The number of nitrogens with one attached hydrogen (secondary N) is 1. The molecule has 0 aromatic carbocycles. The number of likely N-dealkylation sites (tertiary alicyclic amines) is 1. The molecule has 3 atom stereocenters. The molecule has 6 rings (SSSR count). The quantitative estimate of drug-likeness (QED) is 0.816. The van der Waals surface area contributed by atoms with Crippen molar-refractivity contribution in [1.29, 1.82) is 0 Å². The van der Waals surface area contributed by atoms with Crippen LogP contribution in [0.5, 0.6) is 0 Å². The van der Waals surface area contributed by atoms with E-state index < -0.39 is 0 Å². The molecule has 1 N–H and O–H groups in total. The average Bonchev–Trinajstić information content (AvgIpc) is 3.30. The first-order chi connectivity index (χ1) is 13.1. The Bertz CT molecular complexity index is 677. The highest BCUT2D eigenvalue weighted by Gasteiger charge is 2.59. The van der Waals surface area contributed by atoms with Crippen molar-refractivity contribution in [3.63, 3.8) is 0 Å². The first-order valence-corrected chi connectivity index (χ1v) is 10.5. The van der Waals surface area contributed by atoms with Gasteiger partial charge in [0, 0.05) is 25.7 Å². The highest BCUT2D eigenvalue weighted by atomic mass is 16.5. The van der Waals surface area contributed by atoms with Crippen LogP contribution in [0.15, 0.2) is 12.7 Å². The van der Waals surface area contributed by atoms with E-state index in [1.54, 1.807) is 13.4 Å². The summed E-state index contributed by atoms with van der Waals surface area (Å²) in [6.07, 6.45) is 11.5. The number of nitrogens with zero attached hydrogens (tertiary/aromatic N) is 4. The van der Waals surface area contributed by atoms with Crippen LogP contribution in [0.1, 0.15) is 44.9 Å². The molecule has 1 amide bonds. The Morgan fingerprint density at radius 2 is 2.11 bits per heavy atom. The summed E-state index contributed by atoms with van der Waals surface area (Å²) >= 11 is 0.